The van der Waals surface area contributed by atoms with Gasteiger partial charge >= 0.3 is 0 Å². The van der Waals surface area contributed by atoms with Crippen LogP contribution in [0.2, 0.25) is 0 Å². The van der Waals surface area contributed by atoms with Gasteiger partial charge in [-0.15, -0.1) is 0 Å². The van der Waals surface area contributed by atoms with Gasteiger partial charge in [-0.3, -0.25) is 0 Å². The molecule has 5 rings (SSSR count). The molecular weight excluding hydrogens is 344 g/mol. The Balaban J connectivity index is 1.81. The van der Waals surface area contributed by atoms with Gasteiger partial charge in [-0.25, -0.2) is 4.98 Å². The van der Waals surface area contributed by atoms with E-state index in [-0.39, 0.29) is 12.0 Å². The Morgan fingerprint density at radius 2 is 1.18 bits per heavy atom. The summed E-state index contributed by atoms with van der Waals surface area (Å²) in [5.74, 6) is 0.154. The van der Waals surface area contributed by atoms with Gasteiger partial charge in [0.15, 0.2) is 0 Å². The highest BCUT2D eigenvalue weighted by Crippen LogP contribution is 2.44. The number of aliphatic hydroxyl groups excluding tert-OH is 1. The molecule has 0 amide bonds. The normalized spacial score (nSPS) is 18.8. The lowest BCUT2D eigenvalue weighted by molar-refractivity contribution is 0.271. The first-order valence-electron chi connectivity index (χ1n) is 9.69. The van der Waals surface area contributed by atoms with Crippen molar-refractivity contribution in [3.8, 4) is 0 Å². The average molecular weight is 366 g/mol. The van der Waals surface area contributed by atoms with Crippen molar-refractivity contribution in [1.82, 2.24) is 9.55 Å². The number of hydrogen-bond donors (Lipinski definition) is 1. The fraction of sp³-hybridized carbons (Fsp3) is 0.160. The Hall–Kier alpha value is -3.17. The molecule has 0 unspecified atom stereocenters. The quantitative estimate of drug-likeness (QED) is 0.525. The second-order valence-electron chi connectivity index (χ2n) is 7.42. The van der Waals surface area contributed by atoms with Crippen LogP contribution in [-0.4, -0.2) is 20.8 Å². The summed E-state index contributed by atoms with van der Waals surface area (Å²) in [6, 6.07) is 31.7. The van der Waals surface area contributed by atoms with Gasteiger partial charge in [0, 0.05) is 12.1 Å². The summed E-state index contributed by atoms with van der Waals surface area (Å²) in [7, 11) is 0. The predicted octanol–water partition coefficient (Wildman–Crippen LogP) is 4.57. The molecule has 0 bridgehead atoms. The number of benzene rings is 3. The molecule has 3 nitrogen and oxygen atoms in total. The Morgan fingerprint density at radius 3 is 1.57 bits per heavy atom. The SMILES string of the molecule is O[C@H]1C[C@@H]1c1cn(C(c2ccccc2)(c2ccccc2)c2ccccc2)cn1. The van der Waals surface area contributed by atoms with Crippen molar-refractivity contribution in [3.05, 3.63) is 126 Å². The molecule has 0 radical (unpaired) electrons. The highest BCUT2D eigenvalue weighted by molar-refractivity contribution is 5.50. The van der Waals surface area contributed by atoms with Gasteiger partial charge in [0.2, 0.25) is 0 Å². The van der Waals surface area contributed by atoms with Crippen LogP contribution in [0.1, 0.15) is 34.7 Å². The van der Waals surface area contributed by atoms with Crippen LogP contribution in [0.5, 0.6) is 0 Å². The van der Waals surface area contributed by atoms with Gasteiger partial charge < -0.3 is 9.67 Å². The minimum Gasteiger partial charge on any atom is -0.392 e. The van der Waals surface area contributed by atoms with Crippen molar-refractivity contribution >= 4 is 0 Å². The zero-order valence-electron chi connectivity index (χ0n) is 15.5. The first-order valence-corrected chi connectivity index (χ1v) is 9.69. The maximum atomic E-state index is 9.89. The Morgan fingerprint density at radius 1 is 0.750 bits per heavy atom. The van der Waals surface area contributed by atoms with E-state index < -0.39 is 5.54 Å². The van der Waals surface area contributed by atoms with Crippen LogP contribution in [0.25, 0.3) is 0 Å². The first kappa shape index (κ1) is 17.0. The maximum absolute atomic E-state index is 9.89. The van der Waals surface area contributed by atoms with Gasteiger partial charge in [0.05, 0.1) is 18.1 Å². The molecule has 1 fully saturated rings. The molecule has 0 aliphatic heterocycles. The second kappa shape index (κ2) is 6.77. The molecular formula is C25H22N2O. The highest BCUT2D eigenvalue weighted by Gasteiger charge is 2.42. The van der Waals surface area contributed by atoms with Crippen molar-refractivity contribution in [3.63, 3.8) is 0 Å². The van der Waals surface area contributed by atoms with Crippen molar-refractivity contribution in [2.75, 3.05) is 0 Å². The monoisotopic (exact) mass is 366 g/mol. The van der Waals surface area contributed by atoms with Crippen LogP contribution >= 0.6 is 0 Å². The topological polar surface area (TPSA) is 38.0 Å². The van der Waals surface area contributed by atoms with E-state index in [0.29, 0.717) is 0 Å². The standard InChI is InChI=1S/C25H22N2O/c28-24-16-22(24)23-17-27(18-26-23)25(19-10-4-1-5-11-19,20-12-6-2-7-13-20)21-14-8-3-9-15-21/h1-15,17-18,22,24,28H,16H2/t22-,24+/m1/s1. The Labute approximate surface area is 164 Å². The summed E-state index contributed by atoms with van der Waals surface area (Å²) < 4.78 is 2.20. The number of nitrogens with zero attached hydrogens (tertiary/aromatic N) is 2. The van der Waals surface area contributed by atoms with E-state index in [1.54, 1.807) is 0 Å². The molecule has 1 heterocycles. The van der Waals surface area contributed by atoms with Crippen LogP contribution in [0.15, 0.2) is 104 Å². The molecule has 1 saturated carbocycles. The third-order valence-electron chi connectivity index (χ3n) is 5.70. The molecule has 2 atom stereocenters. The van der Waals surface area contributed by atoms with Crippen LogP contribution in [0.4, 0.5) is 0 Å². The molecule has 0 saturated heterocycles. The van der Waals surface area contributed by atoms with E-state index >= 15 is 0 Å². The number of rotatable bonds is 5. The lowest BCUT2D eigenvalue weighted by Crippen LogP contribution is -2.36. The summed E-state index contributed by atoms with van der Waals surface area (Å²) in [4.78, 5) is 4.67. The smallest absolute Gasteiger partial charge is 0.121 e. The molecule has 1 aliphatic rings. The van der Waals surface area contributed by atoms with E-state index in [4.69, 9.17) is 0 Å². The van der Waals surface area contributed by atoms with E-state index in [2.05, 4.69) is 88.5 Å². The zero-order chi connectivity index (χ0) is 19.0. The molecule has 1 N–H and O–H groups in total. The first-order chi connectivity index (χ1) is 13.8. The molecule has 4 aromatic rings. The van der Waals surface area contributed by atoms with Crippen LogP contribution in [0.3, 0.4) is 0 Å². The van der Waals surface area contributed by atoms with Crippen LogP contribution in [0, 0.1) is 0 Å². The van der Waals surface area contributed by atoms with Crippen molar-refractivity contribution in [2.24, 2.45) is 0 Å². The molecule has 1 aliphatic carbocycles. The Kier molecular flexibility index (Phi) is 4.10. The molecule has 1 aromatic heterocycles. The summed E-state index contributed by atoms with van der Waals surface area (Å²) in [5.41, 5.74) is 3.95. The van der Waals surface area contributed by atoms with Crippen molar-refractivity contribution < 1.29 is 5.11 Å². The third kappa shape index (κ3) is 2.67. The molecule has 0 spiro atoms. The fourth-order valence-corrected chi connectivity index (χ4v) is 4.20. The van der Waals surface area contributed by atoms with Gasteiger partial charge in [-0.05, 0) is 23.1 Å². The molecule has 3 aromatic carbocycles. The highest BCUT2D eigenvalue weighted by atomic mass is 16.3. The number of hydrogen-bond acceptors (Lipinski definition) is 2. The predicted molar refractivity (Wildman–Crippen MR) is 110 cm³/mol. The largest absolute Gasteiger partial charge is 0.392 e. The minimum absolute atomic E-state index is 0.154. The zero-order valence-corrected chi connectivity index (χ0v) is 15.5. The van der Waals surface area contributed by atoms with E-state index in [1.807, 2.05) is 24.5 Å². The maximum Gasteiger partial charge on any atom is 0.121 e. The fourth-order valence-electron chi connectivity index (χ4n) is 4.20. The minimum atomic E-state index is -0.533. The van der Waals surface area contributed by atoms with Crippen LogP contribution < -0.4 is 0 Å². The average Bonchev–Trinajstić information content (AvgIpc) is 3.29. The van der Waals surface area contributed by atoms with E-state index in [9.17, 15) is 5.11 Å². The van der Waals surface area contributed by atoms with Gasteiger partial charge in [0.1, 0.15) is 5.54 Å². The molecule has 28 heavy (non-hydrogen) atoms. The number of aromatic nitrogens is 2. The number of aliphatic hydroxyl groups is 1. The summed E-state index contributed by atoms with van der Waals surface area (Å²) >= 11 is 0. The summed E-state index contributed by atoms with van der Waals surface area (Å²) in [6.07, 6.45) is 4.55. The van der Waals surface area contributed by atoms with Crippen molar-refractivity contribution in [2.45, 2.75) is 24.0 Å². The lowest BCUT2D eigenvalue weighted by Gasteiger charge is -2.37. The third-order valence-corrected chi connectivity index (χ3v) is 5.70. The van der Waals surface area contributed by atoms with Gasteiger partial charge in [0.25, 0.3) is 0 Å². The number of imidazole rings is 1. The van der Waals surface area contributed by atoms with Gasteiger partial charge in [-0.2, -0.15) is 0 Å². The summed E-state index contributed by atoms with van der Waals surface area (Å²) in [5, 5.41) is 9.89. The molecule has 138 valence electrons. The lowest BCUT2D eigenvalue weighted by atomic mass is 9.77. The Bertz CT molecular complexity index is 961. The molecule has 3 heteroatoms. The van der Waals surface area contributed by atoms with E-state index in [1.165, 1.54) is 16.7 Å². The van der Waals surface area contributed by atoms with Gasteiger partial charge in [-0.1, -0.05) is 91.0 Å². The second-order valence-corrected chi connectivity index (χ2v) is 7.42. The van der Waals surface area contributed by atoms with Crippen molar-refractivity contribution in [1.29, 1.82) is 0 Å². The summed E-state index contributed by atoms with van der Waals surface area (Å²) in [6.45, 7) is 0. The van der Waals surface area contributed by atoms with Crippen LogP contribution in [-0.2, 0) is 5.54 Å². The van der Waals surface area contributed by atoms with E-state index in [0.717, 1.165) is 12.1 Å².